The van der Waals surface area contributed by atoms with E-state index in [0.717, 1.165) is 6.42 Å². The maximum atomic E-state index is 12.5. The molecule has 3 rings (SSSR count). The molecule has 1 N–H and O–H groups in total. The summed E-state index contributed by atoms with van der Waals surface area (Å²) in [5.74, 6) is 0.296. The van der Waals surface area contributed by atoms with E-state index in [1.54, 1.807) is 0 Å². The number of ether oxygens (including phenoxy) is 1. The van der Waals surface area contributed by atoms with Crippen LogP contribution in [0.5, 0.6) is 0 Å². The van der Waals surface area contributed by atoms with E-state index in [2.05, 4.69) is 16.9 Å². The van der Waals surface area contributed by atoms with E-state index in [0.29, 0.717) is 25.6 Å². The first-order valence-corrected chi connectivity index (χ1v) is 8.87. The van der Waals surface area contributed by atoms with E-state index in [-0.39, 0.29) is 12.1 Å². The molecule has 0 aromatic heterocycles. The van der Waals surface area contributed by atoms with Gasteiger partial charge in [0.2, 0.25) is 0 Å². The van der Waals surface area contributed by atoms with Crippen LogP contribution >= 0.6 is 0 Å². The third-order valence-electron chi connectivity index (χ3n) is 4.33. The first-order valence-electron chi connectivity index (χ1n) is 7.43. The van der Waals surface area contributed by atoms with Crippen LogP contribution in [0.2, 0.25) is 0 Å². The summed E-state index contributed by atoms with van der Waals surface area (Å²) < 4.78 is 34.7. The van der Waals surface area contributed by atoms with Crippen molar-refractivity contribution in [1.82, 2.24) is 9.03 Å². The van der Waals surface area contributed by atoms with E-state index in [1.165, 1.54) is 15.4 Å². The van der Waals surface area contributed by atoms with Gasteiger partial charge in [0.15, 0.2) is 0 Å². The van der Waals surface area contributed by atoms with Crippen molar-refractivity contribution in [1.29, 1.82) is 0 Å². The lowest BCUT2D eigenvalue weighted by Gasteiger charge is -2.36. The second kappa shape index (κ2) is 5.68. The molecule has 2 aliphatic rings. The van der Waals surface area contributed by atoms with Gasteiger partial charge >= 0.3 is 0 Å². The zero-order valence-electron chi connectivity index (χ0n) is 12.5. The summed E-state index contributed by atoms with van der Waals surface area (Å²) in [5, 5.41) is 0. The van der Waals surface area contributed by atoms with E-state index in [4.69, 9.17) is 4.74 Å². The minimum absolute atomic E-state index is 0.0535. The van der Waals surface area contributed by atoms with E-state index in [1.807, 2.05) is 26.0 Å². The molecule has 0 bridgehead atoms. The highest BCUT2D eigenvalue weighted by molar-refractivity contribution is 7.87. The maximum absolute atomic E-state index is 12.5. The fourth-order valence-corrected chi connectivity index (χ4v) is 4.56. The number of morpholine rings is 1. The SMILES string of the molecule is C[C@@H]1CN(S(=O)(=O)NC[C@H]2Cc3ccccc32)[C@H](C)CO1. The molecule has 1 aromatic rings. The van der Waals surface area contributed by atoms with Crippen LogP contribution in [0.1, 0.15) is 30.9 Å². The van der Waals surface area contributed by atoms with Crippen LogP contribution in [-0.2, 0) is 21.4 Å². The molecule has 0 unspecified atom stereocenters. The fraction of sp³-hybridized carbons (Fsp3) is 0.600. The Balaban J connectivity index is 1.62. The standard InChI is InChI=1S/C15H22N2O3S/c1-11-10-20-12(2)9-17(11)21(18,19)16-8-14-7-13-5-3-4-6-15(13)14/h3-6,11-12,14,16H,7-10H2,1-2H3/t11-,12-,14-/m1/s1. The molecular weight excluding hydrogens is 288 g/mol. The van der Waals surface area contributed by atoms with Crippen LogP contribution in [0.3, 0.4) is 0 Å². The van der Waals surface area contributed by atoms with E-state index < -0.39 is 10.2 Å². The number of benzene rings is 1. The van der Waals surface area contributed by atoms with Crippen molar-refractivity contribution in [2.24, 2.45) is 0 Å². The van der Waals surface area contributed by atoms with Gasteiger partial charge in [-0.05, 0) is 31.4 Å². The second-order valence-corrected chi connectivity index (χ2v) is 7.72. The van der Waals surface area contributed by atoms with Gasteiger partial charge in [0.1, 0.15) is 0 Å². The topological polar surface area (TPSA) is 58.6 Å². The Kier molecular flexibility index (Phi) is 4.05. The predicted octanol–water partition coefficient (Wildman–Crippen LogP) is 1.27. The van der Waals surface area contributed by atoms with Crippen LogP contribution in [0.15, 0.2) is 24.3 Å². The van der Waals surface area contributed by atoms with Gasteiger partial charge in [-0.2, -0.15) is 12.7 Å². The normalized spacial score (nSPS) is 29.7. The molecule has 1 heterocycles. The van der Waals surface area contributed by atoms with Crippen molar-refractivity contribution >= 4 is 10.2 Å². The van der Waals surface area contributed by atoms with E-state index >= 15 is 0 Å². The number of hydrogen-bond donors (Lipinski definition) is 1. The third-order valence-corrected chi connectivity index (χ3v) is 5.99. The van der Waals surface area contributed by atoms with Crippen LogP contribution in [-0.4, -0.2) is 44.6 Å². The van der Waals surface area contributed by atoms with Gasteiger partial charge in [0.25, 0.3) is 10.2 Å². The van der Waals surface area contributed by atoms with Crippen LogP contribution in [0.25, 0.3) is 0 Å². The monoisotopic (exact) mass is 310 g/mol. The van der Waals surface area contributed by atoms with Crippen LogP contribution in [0, 0.1) is 0 Å². The van der Waals surface area contributed by atoms with Crippen LogP contribution < -0.4 is 4.72 Å². The number of nitrogens with zero attached hydrogens (tertiary/aromatic N) is 1. The van der Waals surface area contributed by atoms with Gasteiger partial charge in [-0.25, -0.2) is 4.72 Å². The summed E-state index contributed by atoms with van der Waals surface area (Å²) in [5.41, 5.74) is 2.60. The van der Waals surface area contributed by atoms with Gasteiger partial charge in [-0.15, -0.1) is 0 Å². The molecule has 1 aromatic carbocycles. The minimum Gasteiger partial charge on any atom is -0.375 e. The Labute approximate surface area is 126 Å². The molecule has 1 saturated heterocycles. The number of nitrogens with one attached hydrogen (secondary N) is 1. The summed E-state index contributed by atoms with van der Waals surface area (Å²) in [6, 6.07) is 8.09. The largest absolute Gasteiger partial charge is 0.375 e. The van der Waals surface area contributed by atoms with Gasteiger partial charge < -0.3 is 4.74 Å². The Morgan fingerprint density at radius 1 is 1.33 bits per heavy atom. The van der Waals surface area contributed by atoms with Crippen molar-refractivity contribution in [2.45, 2.75) is 38.3 Å². The number of hydrogen-bond acceptors (Lipinski definition) is 3. The van der Waals surface area contributed by atoms with Crippen molar-refractivity contribution in [3.8, 4) is 0 Å². The average molecular weight is 310 g/mol. The zero-order valence-corrected chi connectivity index (χ0v) is 13.3. The van der Waals surface area contributed by atoms with Gasteiger partial charge in [-0.3, -0.25) is 0 Å². The predicted molar refractivity (Wildman–Crippen MR) is 81.4 cm³/mol. The minimum atomic E-state index is -3.44. The summed E-state index contributed by atoms with van der Waals surface area (Å²) >= 11 is 0. The number of rotatable bonds is 4. The highest BCUT2D eigenvalue weighted by Gasteiger charge is 2.34. The summed E-state index contributed by atoms with van der Waals surface area (Å²) in [7, 11) is -3.44. The molecule has 1 aliphatic heterocycles. The highest BCUT2D eigenvalue weighted by Crippen LogP contribution is 2.34. The van der Waals surface area contributed by atoms with Gasteiger partial charge in [0, 0.05) is 25.0 Å². The first kappa shape index (κ1) is 15.0. The molecule has 5 nitrogen and oxygen atoms in total. The van der Waals surface area contributed by atoms with Gasteiger partial charge in [-0.1, -0.05) is 24.3 Å². The molecular formula is C15H22N2O3S. The molecule has 0 amide bonds. The summed E-state index contributed by atoms with van der Waals surface area (Å²) in [6.45, 7) is 5.12. The summed E-state index contributed by atoms with van der Waals surface area (Å²) in [4.78, 5) is 0. The molecule has 21 heavy (non-hydrogen) atoms. The van der Waals surface area contributed by atoms with Crippen molar-refractivity contribution in [3.05, 3.63) is 35.4 Å². The molecule has 1 aliphatic carbocycles. The summed E-state index contributed by atoms with van der Waals surface area (Å²) in [6.07, 6.45) is 0.899. The third kappa shape index (κ3) is 2.99. The maximum Gasteiger partial charge on any atom is 0.279 e. The van der Waals surface area contributed by atoms with Crippen LogP contribution in [0.4, 0.5) is 0 Å². The molecule has 6 heteroatoms. The molecule has 1 fully saturated rings. The van der Waals surface area contributed by atoms with Crippen molar-refractivity contribution in [3.63, 3.8) is 0 Å². The molecule has 0 spiro atoms. The lowest BCUT2D eigenvalue weighted by Crippen LogP contribution is -2.54. The Bertz CT molecular complexity index is 617. The smallest absolute Gasteiger partial charge is 0.279 e. The molecule has 0 saturated carbocycles. The van der Waals surface area contributed by atoms with Crippen molar-refractivity contribution < 1.29 is 13.2 Å². The Morgan fingerprint density at radius 2 is 2.10 bits per heavy atom. The Morgan fingerprint density at radius 3 is 2.86 bits per heavy atom. The average Bonchev–Trinajstić information content (AvgIpc) is 2.42. The lowest BCUT2D eigenvalue weighted by atomic mass is 9.78. The van der Waals surface area contributed by atoms with Crippen molar-refractivity contribution in [2.75, 3.05) is 19.7 Å². The molecule has 0 radical (unpaired) electrons. The number of fused-ring (bicyclic) bond motifs is 1. The molecule has 116 valence electrons. The highest BCUT2D eigenvalue weighted by atomic mass is 32.2. The lowest BCUT2D eigenvalue weighted by molar-refractivity contribution is -0.0175. The fourth-order valence-electron chi connectivity index (χ4n) is 3.04. The second-order valence-electron chi connectivity index (χ2n) is 6.02. The zero-order chi connectivity index (χ0) is 15.0. The van der Waals surface area contributed by atoms with Gasteiger partial charge in [0.05, 0.1) is 12.7 Å². The Hall–Kier alpha value is -0.950. The molecule has 3 atom stereocenters. The van der Waals surface area contributed by atoms with E-state index in [9.17, 15) is 8.42 Å². The first-order chi connectivity index (χ1) is 9.97. The quantitative estimate of drug-likeness (QED) is 0.911.